The molecule has 0 radical (unpaired) electrons. The molecule has 0 saturated carbocycles. The lowest BCUT2D eigenvalue weighted by Crippen LogP contribution is -2.38. The van der Waals surface area contributed by atoms with Crippen molar-refractivity contribution in [1.82, 2.24) is 10.6 Å². The van der Waals surface area contributed by atoms with Gasteiger partial charge >= 0.3 is 0 Å². The third-order valence-electron chi connectivity index (χ3n) is 2.89. The van der Waals surface area contributed by atoms with Crippen LogP contribution in [0.1, 0.15) is 24.5 Å². The monoisotopic (exact) mass is 391 g/mol. The van der Waals surface area contributed by atoms with E-state index in [1.807, 2.05) is 6.07 Å². The molecule has 4 nitrogen and oxygen atoms in total. The Kier molecular flexibility index (Phi) is 10.2. The van der Waals surface area contributed by atoms with Gasteiger partial charge in [-0.3, -0.25) is 4.99 Å². The molecule has 0 spiro atoms. The number of guanidine groups is 1. The highest BCUT2D eigenvalue weighted by Gasteiger charge is 2.03. The van der Waals surface area contributed by atoms with Gasteiger partial charge in [-0.2, -0.15) is 0 Å². The zero-order valence-corrected chi connectivity index (χ0v) is 15.2. The van der Waals surface area contributed by atoms with E-state index in [9.17, 15) is 0 Å². The van der Waals surface area contributed by atoms with Crippen molar-refractivity contribution < 1.29 is 4.74 Å². The second-order valence-electron chi connectivity index (χ2n) is 4.49. The second-order valence-corrected chi connectivity index (χ2v) is 4.49. The highest BCUT2D eigenvalue weighted by Crippen LogP contribution is 2.19. The first-order valence-corrected chi connectivity index (χ1v) is 6.79. The number of hydrogen-bond donors (Lipinski definition) is 2. The number of hydrogen-bond acceptors (Lipinski definition) is 2. The molecule has 0 amide bonds. The SMILES string of the molecule is CCCNC(=NC)NCCc1cc(C)ccc1OC.I. The van der Waals surface area contributed by atoms with Gasteiger partial charge in [0.25, 0.3) is 0 Å². The van der Waals surface area contributed by atoms with Crippen LogP contribution in [-0.4, -0.2) is 33.2 Å². The Hall–Kier alpha value is -0.980. The van der Waals surface area contributed by atoms with Crippen LogP contribution in [0.3, 0.4) is 0 Å². The number of rotatable bonds is 6. The van der Waals surface area contributed by atoms with Crippen molar-refractivity contribution >= 4 is 29.9 Å². The van der Waals surface area contributed by atoms with E-state index >= 15 is 0 Å². The summed E-state index contributed by atoms with van der Waals surface area (Å²) in [4.78, 5) is 4.18. The largest absolute Gasteiger partial charge is 0.496 e. The Labute approximate surface area is 139 Å². The molecular formula is C15H26IN3O. The molecule has 0 atom stereocenters. The van der Waals surface area contributed by atoms with Crippen molar-refractivity contribution in [2.75, 3.05) is 27.2 Å². The fourth-order valence-electron chi connectivity index (χ4n) is 1.88. The molecule has 0 fully saturated rings. The van der Waals surface area contributed by atoms with Crippen LogP contribution in [0, 0.1) is 6.92 Å². The van der Waals surface area contributed by atoms with E-state index in [0.29, 0.717) is 0 Å². The van der Waals surface area contributed by atoms with Crippen LogP contribution < -0.4 is 15.4 Å². The molecule has 2 N–H and O–H groups in total. The quantitative estimate of drug-likeness (QED) is 0.445. The zero-order valence-electron chi connectivity index (χ0n) is 12.8. The van der Waals surface area contributed by atoms with Gasteiger partial charge < -0.3 is 15.4 Å². The molecule has 0 unspecified atom stereocenters. The first kappa shape index (κ1) is 19.0. The maximum Gasteiger partial charge on any atom is 0.190 e. The lowest BCUT2D eigenvalue weighted by atomic mass is 10.1. The summed E-state index contributed by atoms with van der Waals surface area (Å²) >= 11 is 0. The predicted molar refractivity (Wildman–Crippen MR) is 96.5 cm³/mol. The number of halogens is 1. The third kappa shape index (κ3) is 6.45. The minimum Gasteiger partial charge on any atom is -0.496 e. The Morgan fingerprint density at radius 1 is 1.25 bits per heavy atom. The molecule has 1 aromatic rings. The van der Waals surface area contributed by atoms with Gasteiger partial charge in [-0.05, 0) is 31.4 Å². The van der Waals surface area contributed by atoms with Crippen molar-refractivity contribution in [1.29, 1.82) is 0 Å². The van der Waals surface area contributed by atoms with E-state index in [2.05, 4.69) is 41.6 Å². The van der Waals surface area contributed by atoms with Crippen LogP contribution in [0.2, 0.25) is 0 Å². The molecule has 0 heterocycles. The van der Waals surface area contributed by atoms with Gasteiger partial charge in [-0.25, -0.2) is 0 Å². The summed E-state index contributed by atoms with van der Waals surface area (Å²) in [5, 5.41) is 6.56. The number of aliphatic imine (C=N–C) groups is 1. The Bertz CT molecular complexity index is 422. The van der Waals surface area contributed by atoms with Gasteiger partial charge in [-0.1, -0.05) is 24.6 Å². The van der Waals surface area contributed by atoms with Gasteiger partial charge in [0.1, 0.15) is 5.75 Å². The smallest absolute Gasteiger partial charge is 0.190 e. The molecule has 0 aliphatic carbocycles. The average molecular weight is 391 g/mol. The third-order valence-corrected chi connectivity index (χ3v) is 2.89. The van der Waals surface area contributed by atoms with Crippen LogP contribution >= 0.6 is 24.0 Å². The van der Waals surface area contributed by atoms with Crippen LogP contribution in [0.5, 0.6) is 5.75 Å². The van der Waals surface area contributed by atoms with E-state index in [1.165, 1.54) is 11.1 Å². The lowest BCUT2D eigenvalue weighted by Gasteiger charge is -2.13. The van der Waals surface area contributed by atoms with Crippen LogP contribution in [0.4, 0.5) is 0 Å². The van der Waals surface area contributed by atoms with Gasteiger partial charge in [0, 0.05) is 20.1 Å². The first-order chi connectivity index (χ1) is 9.21. The zero-order chi connectivity index (χ0) is 14.1. The molecule has 114 valence electrons. The Morgan fingerprint density at radius 2 is 1.95 bits per heavy atom. The predicted octanol–water partition coefficient (Wildman–Crippen LogP) is 2.74. The van der Waals surface area contributed by atoms with Crippen LogP contribution in [-0.2, 0) is 6.42 Å². The maximum absolute atomic E-state index is 5.38. The van der Waals surface area contributed by atoms with Gasteiger partial charge in [-0.15, -0.1) is 24.0 Å². The summed E-state index contributed by atoms with van der Waals surface area (Å²) < 4.78 is 5.38. The molecule has 20 heavy (non-hydrogen) atoms. The van der Waals surface area contributed by atoms with Gasteiger partial charge in [0.15, 0.2) is 5.96 Å². The number of benzene rings is 1. The van der Waals surface area contributed by atoms with Crippen molar-refractivity contribution in [2.45, 2.75) is 26.7 Å². The molecule has 0 aromatic heterocycles. The standard InChI is InChI=1S/C15H25N3O.HI/c1-5-9-17-15(16-3)18-10-8-13-11-12(2)6-7-14(13)19-4;/h6-7,11H,5,8-10H2,1-4H3,(H2,16,17,18);1H. The summed E-state index contributed by atoms with van der Waals surface area (Å²) in [6, 6.07) is 6.26. The number of aryl methyl sites for hydroxylation is 1. The second kappa shape index (κ2) is 10.8. The number of nitrogens with one attached hydrogen (secondary N) is 2. The van der Waals surface area contributed by atoms with E-state index in [4.69, 9.17) is 4.74 Å². The molecule has 1 rings (SSSR count). The minimum atomic E-state index is 0. The summed E-state index contributed by atoms with van der Waals surface area (Å²) in [7, 11) is 3.50. The number of methoxy groups -OCH3 is 1. The van der Waals surface area contributed by atoms with Gasteiger partial charge in [0.05, 0.1) is 7.11 Å². The van der Waals surface area contributed by atoms with E-state index < -0.39 is 0 Å². The van der Waals surface area contributed by atoms with Gasteiger partial charge in [0.2, 0.25) is 0 Å². The Balaban J connectivity index is 0.00000361. The van der Waals surface area contributed by atoms with Crippen molar-refractivity contribution in [3.8, 4) is 5.75 Å². The molecule has 1 aromatic carbocycles. The number of ether oxygens (including phenoxy) is 1. The van der Waals surface area contributed by atoms with Crippen molar-refractivity contribution in [2.24, 2.45) is 4.99 Å². The number of nitrogens with zero attached hydrogens (tertiary/aromatic N) is 1. The van der Waals surface area contributed by atoms with E-state index in [1.54, 1.807) is 14.2 Å². The van der Waals surface area contributed by atoms with Crippen molar-refractivity contribution in [3.63, 3.8) is 0 Å². The molecular weight excluding hydrogens is 365 g/mol. The molecule has 5 heteroatoms. The van der Waals surface area contributed by atoms with Crippen LogP contribution in [0.25, 0.3) is 0 Å². The maximum atomic E-state index is 5.38. The summed E-state index contributed by atoms with van der Waals surface area (Å²) in [5.74, 6) is 1.80. The fourth-order valence-corrected chi connectivity index (χ4v) is 1.88. The van der Waals surface area contributed by atoms with E-state index in [-0.39, 0.29) is 24.0 Å². The highest BCUT2D eigenvalue weighted by atomic mass is 127. The molecule has 0 saturated heterocycles. The van der Waals surface area contributed by atoms with Crippen molar-refractivity contribution in [3.05, 3.63) is 29.3 Å². The fraction of sp³-hybridized carbons (Fsp3) is 0.533. The lowest BCUT2D eigenvalue weighted by molar-refractivity contribution is 0.409. The normalized spacial score (nSPS) is 10.7. The Morgan fingerprint density at radius 3 is 2.55 bits per heavy atom. The molecule has 0 aliphatic rings. The molecule has 0 aliphatic heterocycles. The summed E-state index contributed by atoms with van der Waals surface area (Å²) in [6.07, 6.45) is 2.00. The first-order valence-electron chi connectivity index (χ1n) is 6.79. The van der Waals surface area contributed by atoms with Crippen LogP contribution in [0.15, 0.2) is 23.2 Å². The summed E-state index contributed by atoms with van der Waals surface area (Å²) in [6.45, 7) is 6.01. The topological polar surface area (TPSA) is 45.7 Å². The average Bonchev–Trinajstić information content (AvgIpc) is 2.43. The highest BCUT2D eigenvalue weighted by molar-refractivity contribution is 14.0. The summed E-state index contributed by atoms with van der Waals surface area (Å²) in [5.41, 5.74) is 2.48. The molecule has 0 bridgehead atoms. The minimum absolute atomic E-state index is 0. The van der Waals surface area contributed by atoms with E-state index in [0.717, 1.165) is 37.6 Å².